The van der Waals surface area contributed by atoms with Crippen LogP contribution in [0.2, 0.25) is 0 Å². The van der Waals surface area contributed by atoms with Gasteiger partial charge < -0.3 is 25.8 Å². The van der Waals surface area contributed by atoms with E-state index in [0.717, 1.165) is 4.90 Å². The van der Waals surface area contributed by atoms with E-state index in [4.69, 9.17) is 16.9 Å². The number of rotatable bonds is 9. The lowest BCUT2D eigenvalue weighted by molar-refractivity contribution is -0.137. The first-order chi connectivity index (χ1) is 14.7. The molecule has 2 aromatic carbocycles. The summed E-state index contributed by atoms with van der Waals surface area (Å²) in [5.41, 5.74) is 7.04. The fourth-order valence-corrected chi connectivity index (χ4v) is 3.34. The van der Waals surface area contributed by atoms with Crippen LogP contribution in [-0.2, 0) is 22.7 Å². The van der Waals surface area contributed by atoms with Crippen molar-refractivity contribution in [3.8, 4) is 5.75 Å². The van der Waals surface area contributed by atoms with Crippen molar-refractivity contribution in [1.29, 1.82) is 0 Å². The molecular weight excluding hydrogens is 393 g/mol. The number of benzene rings is 2. The van der Waals surface area contributed by atoms with Gasteiger partial charge in [-0.2, -0.15) is 0 Å². The number of aliphatic carboxylic acids is 1. The second kappa shape index (κ2) is 8.81. The summed E-state index contributed by atoms with van der Waals surface area (Å²) in [7, 11) is 1.48. The van der Waals surface area contributed by atoms with Crippen LogP contribution in [0.3, 0.4) is 0 Å². The monoisotopic (exact) mass is 416 g/mol. The SMILES string of the molecule is [2H]C(CCC(=O)O)(C(N)=O)N1Cc2c(NCc3cc(OC)ccc3F)cccc2C1=O. The number of carboxylic acid groups (broad SMARTS) is 1. The average Bonchev–Trinajstić information content (AvgIpc) is 3.09. The molecule has 1 heterocycles. The van der Waals surface area contributed by atoms with Gasteiger partial charge in [0.25, 0.3) is 5.91 Å². The van der Waals surface area contributed by atoms with E-state index in [2.05, 4.69) is 5.32 Å². The molecule has 0 saturated heterocycles. The fraction of sp³-hybridized carbons (Fsp3) is 0.286. The maximum absolute atomic E-state index is 14.1. The number of nitrogens with one attached hydrogen (secondary N) is 1. The van der Waals surface area contributed by atoms with Gasteiger partial charge >= 0.3 is 5.97 Å². The molecule has 0 spiro atoms. The summed E-state index contributed by atoms with van der Waals surface area (Å²) in [6.45, 7) is -0.00147. The molecule has 0 fully saturated rings. The number of nitrogens with two attached hydrogens (primary N) is 1. The van der Waals surface area contributed by atoms with Gasteiger partial charge in [-0.3, -0.25) is 14.4 Å². The summed E-state index contributed by atoms with van der Waals surface area (Å²) in [4.78, 5) is 36.8. The zero-order valence-electron chi connectivity index (χ0n) is 17.3. The lowest BCUT2D eigenvalue weighted by Gasteiger charge is -2.24. The minimum atomic E-state index is -2.20. The number of carbonyl (C=O) groups is 3. The highest BCUT2D eigenvalue weighted by Crippen LogP contribution is 2.32. The average molecular weight is 416 g/mol. The van der Waals surface area contributed by atoms with E-state index < -0.39 is 42.5 Å². The zero-order chi connectivity index (χ0) is 22.8. The molecule has 1 atom stereocenters. The Balaban J connectivity index is 1.86. The van der Waals surface area contributed by atoms with Crippen LogP contribution in [-0.4, -0.2) is 40.9 Å². The lowest BCUT2D eigenvalue weighted by Crippen LogP contribution is -2.45. The quantitative estimate of drug-likeness (QED) is 0.576. The molecule has 0 aromatic heterocycles. The molecule has 0 aliphatic carbocycles. The van der Waals surface area contributed by atoms with Crippen molar-refractivity contribution in [3.63, 3.8) is 0 Å². The molecule has 1 aliphatic rings. The Hall–Kier alpha value is -3.62. The van der Waals surface area contributed by atoms with Crippen LogP contribution in [0, 0.1) is 5.82 Å². The number of primary amides is 1. The van der Waals surface area contributed by atoms with Crippen molar-refractivity contribution < 1.29 is 30.0 Å². The molecule has 0 radical (unpaired) electrons. The first kappa shape index (κ1) is 19.7. The van der Waals surface area contributed by atoms with Gasteiger partial charge in [0.05, 0.1) is 8.48 Å². The lowest BCUT2D eigenvalue weighted by atomic mass is 10.1. The highest BCUT2D eigenvalue weighted by Gasteiger charge is 2.36. The van der Waals surface area contributed by atoms with Crippen molar-refractivity contribution in [2.24, 2.45) is 5.73 Å². The van der Waals surface area contributed by atoms with E-state index in [1.54, 1.807) is 24.3 Å². The van der Waals surface area contributed by atoms with Gasteiger partial charge in [-0.25, -0.2) is 4.39 Å². The Morgan fingerprint density at radius 3 is 2.83 bits per heavy atom. The van der Waals surface area contributed by atoms with Crippen LogP contribution in [0.25, 0.3) is 0 Å². The minimum Gasteiger partial charge on any atom is -0.497 e. The number of anilines is 1. The van der Waals surface area contributed by atoms with E-state index in [1.165, 1.54) is 19.2 Å². The predicted molar refractivity (Wildman–Crippen MR) is 106 cm³/mol. The van der Waals surface area contributed by atoms with Crippen LogP contribution >= 0.6 is 0 Å². The minimum absolute atomic E-state index is 0.106. The van der Waals surface area contributed by atoms with Gasteiger partial charge in [0, 0.05) is 41.9 Å². The van der Waals surface area contributed by atoms with Crippen molar-refractivity contribution in [2.75, 3.05) is 12.4 Å². The molecule has 1 aliphatic heterocycles. The van der Waals surface area contributed by atoms with Gasteiger partial charge in [-0.05, 0) is 36.8 Å². The standard InChI is InChI=1S/C21H22FN3O5/c1-30-13-5-6-16(22)12(9-13)10-24-17-4-2-3-14-15(17)11-25(21(14)29)18(20(23)28)7-8-19(26)27/h2-6,9,18,24H,7-8,10-11H2,1H3,(H2,23,28)(H,26,27)/i18D. The van der Waals surface area contributed by atoms with Gasteiger partial charge in [0.2, 0.25) is 5.91 Å². The Morgan fingerprint density at radius 1 is 1.40 bits per heavy atom. The Kier molecular flexibility index (Phi) is 5.78. The first-order valence-corrected chi connectivity index (χ1v) is 9.19. The number of nitrogens with zero attached hydrogens (tertiary/aromatic N) is 1. The number of carbonyl (C=O) groups excluding carboxylic acids is 2. The predicted octanol–water partition coefficient (Wildman–Crippen LogP) is 2.12. The number of carboxylic acids is 1. The van der Waals surface area contributed by atoms with Crippen molar-refractivity contribution in [2.45, 2.75) is 31.9 Å². The maximum Gasteiger partial charge on any atom is 0.303 e. The number of methoxy groups -OCH3 is 1. The normalized spacial score (nSPS) is 15.2. The highest BCUT2D eigenvalue weighted by molar-refractivity contribution is 6.02. The molecule has 1 unspecified atom stereocenters. The van der Waals surface area contributed by atoms with Crippen LogP contribution < -0.4 is 15.8 Å². The van der Waals surface area contributed by atoms with E-state index in [9.17, 15) is 18.8 Å². The number of halogens is 1. The largest absolute Gasteiger partial charge is 0.497 e. The second-order valence-corrected chi connectivity index (χ2v) is 6.74. The molecule has 9 heteroatoms. The molecular formula is C21H22FN3O5. The highest BCUT2D eigenvalue weighted by atomic mass is 19.1. The summed E-state index contributed by atoms with van der Waals surface area (Å²) in [6, 6.07) is 7.01. The smallest absolute Gasteiger partial charge is 0.303 e. The third-order valence-electron chi connectivity index (χ3n) is 4.88. The Morgan fingerprint density at radius 2 is 2.17 bits per heavy atom. The third-order valence-corrected chi connectivity index (χ3v) is 4.88. The van der Waals surface area contributed by atoms with Crippen molar-refractivity contribution in [1.82, 2.24) is 4.90 Å². The summed E-state index contributed by atoms with van der Waals surface area (Å²) in [5, 5.41) is 12.0. The van der Waals surface area contributed by atoms with Crippen LogP contribution in [0.4, 0.5) is 10.1 Å². The molecule has 2 amide bonds. The summed E-state index contributed by atoms with van der Waals surface area (Å²) in [5.74, 6) is -2.83. The number of hydrogen-bond acceptors (Lipinski definition) is 5. The molecule has 0 saturated carbocycles. The summed E-state index contributed by atoms with van der Waals surface area (Å²) in [6.07, 6.45) is -0.929. The Labute approximate surface area is 173 Å². The molecule has 8 nitrogen and oxygen atoms in total. The van der Waals surface area contributed by atoms with Crippen molar-refractivity contribution in [3.05, 3.63) is 58.9 Å². The topological polar surface area (TPSA) is 122 Å². The summed E-state index contributed by atoms with van der Waals surface area (Å²) < 4.78 is 27.7. The van der Waals surface area contributed by atoms with Gasteiger partial charge in [0.1, 0.15) is 17.6 Å². The Bertz CT molecular complexity index is 1050. The molecule has 2 aromatic rings. The number of hydrogen-bond donors (Lipinski definition) is 3. The number of amides is 2. The molecule has 0 bridgehead atoms. The van der Waals surface area contributed by atoms with E-state index in [-0.39, 0.29) is 18.7 Å². The molecule has 3 rings (SSSR count). The second-order valence-electron chi connectivity index (χ2n) is 6.74. The van der Waals surface area contributed by atoms with Crippen molar-refractivity contribution >= 4 is 23.5 Å². The van der Waals surface area contributed by atoms with E-state index >= 15 is 0 Å². The fourth-order valence-electron chi connectivity index (χ4n) is 3.34. The van der Waals surface area contributed by atoms with Crippen LogP contribution in [0.5, 0.6) is 5.75 Å². The maximum atomic E-state index is 14.1. The summed E-state index contributed by atoms with van der Waals surface area (Å²) >= 11 is 0. The number of fused-ring (bicyclic) bond motifs is 1. The zero-order valence-corrected chi connectivity index (χ0v) is 16.3. The molecule has 4 N–H and O–H groups in total. The van der Waals surface area contributed by atoms with Gasteiger partial charge in [0.15, 0.2) is 0 Å². The number of ether oxygens (including phenoxy) is 1. The van der Waals surface area contributed by atoms with E-state index in [0.29, 0.717) is 22.6 Å². The van der Waals surface area contributed by atoms with Gasteiger partial charge in [-0.1, -0.05) is 6.07 Å². The first-order valence-electron chi connectivity index (χ1n) is 9.69. The van der Waals surface area contributed by atoms with Crippen LogP contribution in [0.15, 0.2) is 36.4 Å². The van der Waals surface area contributed by atoms with Gasteiger partial charge in [-0.15, -0.1) is 0 Å². The third kappa shape index (κ3) is 4.35. The van der Waals surface area contributed by atoms with Crippen LogP contribution in [0.1, 0.15) is 35.7 Å². The van der Waals surface area contributed by atoms with E-state index in [1.807, 2.05) is 0 Å². The molecule has 158 valence electrons. The molecule has 30 heavy (non-hydrogen) atoms.